The van der Waals surface area contributed by atoms with Gasteiger partial charge in [0.2, 0.25) is 0 Å². The summed E-state index contributed by atoms with van der Waals surface area (Å²) in [4.78, 5) is 13.8. The lowest BCUT2D eigenvalue weighted by atomic mass is 9.91. The van der Waals surface area contributed by atoms with Crippen LogP contribution in [0.2, 0.25) is 0 Å². The molecule has 21 heavy (non-hydrogen) atoms. The van der Waals surface area contributed by atoms with Crippen molar-refractivity contribution in [2.45, 2.75) is 18.9 Å². The number of ether oxygens (including phenoxy) is 2. The van der Waals surface area contributed by atoms with Crippen molar-refractivity contribution in [3.63, 3.8) is 0 Å². The number of aliphatic hydroxyl groups is 1. The summed E-state index contributed by atoms with van der Waals surface area (Å²) >= 11 is 1.56. The molecule has 0 aliphatic carbocycles. The van der Waals surface area contributed by atoms with E-state index >= 15 is 0 Å². The van der Waals surface area contributed by atoms with Gasteiger partial charge in [-0.25, -0.2) is 4.79 Å². The van der Waals surface area contributed by atoms with Gasteiger partial charge in [-0.1, -0.05) is 12.1 Å². The van der Waals surface area contributed by atoms with E-state index in [1.54, 1.807) is 18.4 Å². The van der Waals surface area contributed by atoms with Gasteiger partial charge >= 0.3 is 5.97 Å². The maximum Gasteiger partial charge on any atom is 0.335 e. The number of thiophene rings is 1. The van der Waals surface area contributed by atoms with E-state index in [9.17, 15) is 9.90 Å². The molecule has 1 aromatic carbocycles. The third kappa shape index (κ3) is 3.43. The van der Waals surface area contributed by atoms with Crippen LogP contribution in [0, 0.1) is 6.92 Å². The molecule has 2 rings (SSSR count). The van der Waals surface area contributed by atoms with Crippen LogP contribution in [0.25, 0.3) is 0 Å². The van der Waals surface area contributed by atoms with Crippen LogP contribution < -0.4 is 4.74 Å². The molecule has 0 saturated carbocycles. The summed E-state index contributed by atoms with van der Waals surface area (Å²) in [5.74, 6) is -0.351. The molecule has 2 aromatic rings. The van der Waals surface area contributed by atoms with Gasteiger partial charge in [-0.3, -0.25) is 0 Å². The Morgan fingerprint density at radius 3 is 2.29 bits per heavy atom. The third-order valence-corrected chi connectivity index (χ3v) is 4.38. The van der Waals surface area contributed by atoms with Crippen LogP contribution in [0.3, 0.4) is 0 Å². The molecule has 5 heteroatoms. The molecule has 0 bridgehead atoms. The summed E-state index contributed by atoms with van der Waals surface area (Å²) in [6, 6.07) is 11.2. The van der Waals surface area contributed by atoms with Crippen molar-refractivity contribution in [2.75, 3.05) is 14.2 Å². The standard InChI is InChI=1S/C16H18O4S/c1-10-4-9-13(21-10)14(15(17)16(18)20-3)11-5-7-12(19-2)8-6-11/h4-9,14-15,17H,1-3H3/t14-,15+/m1/s1. The molecular formula is C16H18O4S. The molecule has 0 unspecified atom stereocenters. The molecule has 4 nitrogen and oxygen atoms in total. The second kappa shape index (κ2) is 6.74. The third-order valence-electron chi connectivity index (χ3n) is 3.30. The Morgan fingerprint density at radius 1 is 1.14 bits per heavy atom. The van der Waals surface area contributed by atoms with Crippen LogP contribution in [-0.2, 0) is 9.53 Å². The van der Waals surface area contributed by atoms with E-state index in [0.717, 1.165) is 21.1 Å². The zero-order chi connectivity index (χ0) is 15.4. The summed E-state index contributed by atoms with van der Waals surface area (Å²) < 4.78 is 9.81. The predicted molar refractivity (Wildman–Crippen MR) is 81.9 cm³/mol. The largest absolute Gasteiger partial charge is 0.497 e. The smallest absolute Gasteiger partial charge is 0.335 e. The molecular weight excluding hydrogens is 288 g/mol. The number of aliphatic hydroxyl groups excluding tert-OH is 1. The first-order chi connectivity index (χ1) is 10.1. The lowest BCUT2D eigenvalue weighted by molar-refractivity contribution is -0.151. The number of carbonyl (C=O) groups is 1. The number of aryl methyl sites for hydroxylation is 1. The number of methoxy groups -OCH3 is 2. The summed E-state index contributed by atoms with van der Waals surface area (Å²) in [5.41, 5.74) is 0.843. The highest BCUT2D eigenvalue weighted by Crippen LogP contribution is 2.34. The van der Waals surface area contributed by atoms with E-state index in [1.165, 1.54) is 7.11 Å². The quantitative estimate of drug-likeness (QED) is 0.863. The molecule has 0 spiro atoms. The predicted octanol–water partition coefficient (Wildman–Crippen LogP) is 2.73. The van der Waals surface area contributed by atoms with Crippen molar-refractivity contribution in [2.24, 2.45) is 0 Å². The molecule has 1 aromatic heterocycles. The molecule has 1 N–H and O–H groups in total. The van der Waals surface area contributed by atoms with Gasteiger partial charge in [-0.05, 0) is 36.8 Å². The number of benzene rings is 1. The van der Waals surface area contributed by atoms with Crippen molar-refractivity contribution in [3.05, 3.63) is 51.7 Å². The summed E-state index contributed by atoms with van der Waals surface area (Å²) in [6.07, 6.45) is -1.23. The van der Waals surface area contributed by atoms with Crippen LogP contribution in [0.15, 0.2) is 36.4 Å². The van der Waals surface area contributed by atoms with E-state index < -0.39 is 18.0 Å². The Morgan fingerprint density at radius 2 is 1.81 bits per heavy atom. The molecule has 0 amide bonds. The zero-order valence-corrected chi connectivity index (χ0v) is 13.0. The maximum atomic E-state index is 11.7. The van der Waals surface area contributed by atoms with E-state index in [0.29, 0.717) is 0 Å². The van der Waals surface area contributed by atoms with Crippen molar-refractivity contribution < 1.29 is 19.4 Å². The average Bonchev–Trinajstić information content (AvgIpc) is 2.93. The van der Waals surface area contributed by atoms with Gasteiger partial charge in [-0.2, -0.15) is 0 Å². The van der Waals surface area contributed by atoms with E-state index in [-0.39, 0.29) is 0 Å². The van der Waals surface area contributed by atoms with Gasteiger partial charge in [-0.15, -0.1) is 11.3 Å². The number of rotatable bonds is 5. The molecule has 1 heterocycles. The summed E-state index contributed by atoms with van der Waals surface area (Å²) in [7, 11) is 2.87. The van der Waals surface area contributed by atoms with Crippen LogP contribution in [0.5, 0.6) is 5.75 Å². The van der Waals surface area contributed by atoms with Crippen LogP contribution in [-0.4, -0.2) is 31.4 Å². The number of hydrogen-bond acceptors (Lipinski definition) is 5. The molecule has 0 fully saturated rings. The average molecular weight is 306 g/mol. The summed E-state index contributed by atoms with van der Waals surface area (Å²) in [5, 5.41) is 10.3. The first kappa shape index (κ1) is 15.5. The van der Waals surface area contributed by atoms with E-state index in [1.807, 2.05) is 43.3 Å². The van der Waals surface area contributed by atoms with Crippen molar-refractivity contribution in [1.82, 2.24) is 0 Å². The highest BCUT2D eigenvalue weighted by atomic mass is 32.1. The Hall–Kier alpha value is -1.85. The fourth-order valence-electron chi connectivity index (χ4n) is 2.19. The summed E-state index contributed by atoms with van der Waals surface area (Å²) in [6.45, 7) is 1.99. The van der Waals surface area contributed by atoms with Crippen molar-refractivity contribution >= 4 is 17.3 Å². The molecule has 0 saturated heterocycles. The molecule has 2 atom stereocenters. The highest BCUT2D eigenvalue weighted by Gasteiger charge is 2.30. The number of carbonyl (C=O) groups excluding carboxylic acids is 1. The van der Waals surface area contributed by atoms with Crippen LogP contribution in [0.4, 0.5) is 0 Å². The maximum absolute atomic E-state index is 11.7. The van der Waals surface area contributed by atoms with E-state index in [4.69, 9.17) is 4.74 Å². The molecule has 0 radical (unpaired) electrons. The van der Waals surface area contributed by atoms with Gasteiger partial charge in [0.1, 0.15) is 5.75 Å². The molecule has 112 valence electrons. The number of esters is 1. The minimum absolute atomic E-state index is 0.443. The van der Waals surface area contributed by atoms with Gasteiger partial charge in [0.05, 0.1) is 20.1 Å². The number of hydrogen-bond donors (Lipinski definition) is 1. The molecule has 0 aliphatic rings. The lowest BCUT2D eigenvalue weighted by Gasteiger charge is -2.20. The Bertz CT molecular complexity index is 603. The minimum Gasteiger partial charge on any atom is -0.497 e. The normalized spacial score (nSPS) is 13.5. The van der Waals surface area contributed by atoms with Gasteiger partial charge in [0.15, 0.2) is 6.10 Å². The Labute approximate surface area is 128 Å². The van der Waals surface area contributed by atoms with Crippen LogP contribution in [0.1, 0.15) is 21.2 Å². The first-order valence-electron chi connectivity index (χ1n) is 6.53. The first-order valence-corrected chi connectivity index (χ1v) is 7.34. The van der Waals surface area contributed by atoms with Gasteiger partial charge < -0.3 is 14.6 Å². The topological polar surface area (TPSA) is 55.8 Å². The van der Waals surface area contributed by atoms with Crippen LogP contribution >= 0.6 is 11.3 Å². The SMILES string of the molecule is COC(=O)[C@@H](O)[C@H](c1ccc(OC)cc1)c1ccc(C)s1. The van der Waals surface area contributed by atoms with Crippen molar-refractivity contribution in [1.29, 1.82) is 0 Å². The highest BCUT2D eigenvalue weighted by molar-refractivity contribution is 7.12. The fourth-order valence-corrected chi connectivity index (χ4v) is 3.23. The van der Waals surface area contributed by atoms with Gasteiger partial charge in [0.25, 0.3) is 0 Å². The molecule has 0 aliphatic heterocycles. The van der Waals surface area contributed by atoms with Crippen molar-refractivity contribution in [3.8, 4) is 5.75 Å². The Kier molecular flexibility index (Phi) is 4.98. The fraction of sp³-hybridized carbons (Fsp3) is 0.312. The lowest BCUT2D eigenvalue weighted by Crippen LogP contribution is -2.29. The monoisotopic (exact) mass is 306 g/mol. The second-order valence-electron chi connectivity index (χ2n) is 4.67. The second-order valence-corrected chi connectivity index (χ2v) is 5.99. The minimum atomic E-state index is -1.23. The Balaban J connectivity index is 2.41. The van der Waals surface area contributed by atoms with E-state index in [2.05, 4.69) is 4.74 Å². The zero-order valence-electron chi connectivity index (χ0n) is 12.2. The van der Waals surface area contributed by atoms with Gasteiger partial charge in [0, 0.05) is 9.75 Å².